The van der Waals surface area contributed by atoms with Crippen LogP contribution in [0, 0.1) is 5.41 Å². The van der Waals surface area contributed by atoms with Crippen molar-refractivity contribution in [3.05, 3.63) is 131 Å². The summed E-state index contributed by atoms with van der Waals surface area (Å²) in [6, 6.07) is 30.4. The van der Waals surface area contributed by atoms with E-state index >= 15 is 0 Å². The standard InChI is InChI=1S/C34H28N2O6/c1-34(2,32(39)42-36-30(37)26-18-10-11-19-27(26)31(36)38)29(21-12-4-3-5-13-21)35-33(40)41-20-28-24-16-8-6-14-22(24)23-15-7-9-17-25(23)28/h3-19,28-29H,20H2,1-2H3,(H,35,40). The fourth-order valence-corrected chi connectivity index (χ4v) is 5.65. The predicted octanol–water partition coefficient (Wildman–Crippen LogP) is 6.05. The lowest BCUT2D eigenvalue weighted by molar-refractivity contribution is -0.181. The zero-order valence-electron chi connectivity index (χ0n) is 23.1. The molecule has 1 heterocycles. The van der Waals surface area contributed by atoms with Gasteiger partial charge in [0.25, 0.3) is 11.8 Å². The van der Waals surface area contributed by atoms with Crippen molar-refractivity contribution in [1.82, 2.24) is 10.4 Å². The Morgan fingerprint density at radius 2 is 1.21 bits per heavy atom. The van der Waals surface area contributed by atoms with Gasteiger partial charge in [-0.1, -0.05) is 96.1 Å². The number of hydrogen-bond acceptors (Lipinski definition) is 6. The van der Waals surface area contributed by atoms with Crippen molar-refractivity contribution in [3.8, 4) is 11.1 Å². The second-order valence-corrected chi connectivity index (χ2v) is 10.9. The van der Waals surface area contributed by atoms with E-state index in [9.17, 15) is 19.2 Å². The highest BCUT2D eigenvalue weighted by Crippen LogP contribution is 2.44. The largest absolute Gasteiger partial charge is 0.449 e. The first kappa shape index (κ1) is 27.0. The van der Waals surface area contributed by atoms with Gasteiger partial charge >= 0.3 is 12.1 Å². The van der Waals surface area contributed by atoms with Gasteiger partial charge in [0.1, 0.15) is 6.61 Å². The van der Waals surface area contributed by atoms with Crippen LogP contribution in [0.5, 0.6) is 0 Å². The Morgan fingerprint density at radius 3 is 1.76 bits per heavy atom. The minimum Gasteiger partial charge on any atom is -0.449 e. The lowest BCUT2D eigenvalue weighted by Crippen LogP contribution is -2.46. The zero-order valence-corrected chi connectivity index (χ0v) is 23.1. The molecule has 1 aliphatic carbocycles. The highest BCUT2D eigenvalue weighted by atomic mass is 16.7. The van der Waals surface area contributed by atoms with Crippen LogP contribution in [0.1, 0.15) is 63.2 Å². The summed E-state index contributed by atoms with van der Waals surface area (Å²) >= 11 is 0. The monoisotopic (exact) mass is 560 g/mol. The lowest BCUT2D eigenvalue weighted by atomic mass is 9.80. The molecule has 210 valence electrons. The molecular formula is C34H28N2O6. The van der Waals surface area contributed by atoms with Crippen molar-refractivity contribution >= 4 is 23.9 Å². The average molecular weight is 561 g/mol. The number of rotatable bonds is 7. The van der Waals surface area contributed by atoms with Gasteiger partial charge in [0.2, 0.25) is 0 Å². The number of hydrogen-bond donors (Lipinski definition) is 1. The molecule has 4 aromatic carbocycles. The van der Waals surface area contributed by atoms with Crippen LogP contribution in [0.2, 0.25) is 0 Å². The predicted molar refractivity (Wildman–Crippen MR) is 154 cm³/mol. The van der Waals surface area contributed by atoms with E-state index in [0.717, 1.165) is 22.3 Å². The number of nitrogens with one attached hydrogen (secondary N) is 1. The second-order valence-electron chi connectivity index (χ2n) is 10.9. The minimum absolute atomic E-state index is 0.0985. The Labute approximate surface area is 242 Å². The Bertz CT molecular complexity index is 1630. The van der Waals surface area contributed by atoms with E-state index < -0.39 is 35.3 Å². The molecule has 1 aliphatic heterocycles. The van der Waals surface area contributed by atoms with Crippen molar-refractivity contribution in [1.29, 1.82) is 0 Å². The third-order valence-corrected chi connectivity index (χ3v) is 7.92. The van der Waals surface area contributed by atoms with E-state index in [2.05, 4.69) is 17.4 Å². The molecule has 1 atom stereocenters. The molecule has 0 saturated heterocycles. The maximum absolute atomic E-state index is 13.5. The fraction of sp³-hybridized carbons (Fsp3) is 0.176. The van der Waals surface area contributed by atoms with Gasteiger partial charge in [0.15, 0.2) is 0 Å². The highest BCUT2D eigenvalue weighted by molar-refractivity contribution is 6.21. The summed E-state index contributed by atoms with van der Waals surface area (Å²) in [5.41, 5.74) is 3.90. The van der Waals surface area contributed by atoms with Crippen LogP contribution in [0.4, 0.5) is 4.79 Å². The number of carbonyl (C=O) groups excluding carboxylic acids is 4. The van der Waals surface area contributed by atoms with Crippen molar-refractivity contribution in [3.63, 3.8) is 0 Å². The van der Waals surface area contributed by atoms with Gasteiger partial charge in [-0.2, -0.15) is 0 Å². The Kier molecular flexibility index (Phi) is 6.82. The first-order valence-electron chi connectivity index (χ1n) is 13.6. The quantitative estimate of drug-likeness (QED) is 0.276. The Balaban J connectivity index is 1.20. The van der Waals surface area contributed by atoms with Crippen LogP contribution in [-0.2, 0) is 14.4 Å². The third-order valence-electron chi connectivity index (χ3n) is 7.92. The van der Waals surface area contributed by atoms with Gasteiger partial charge in [-0.15, -0.1) is 0 Å². The molecule has 6 rings (SSSR count). The Morgan fingerprint density at radius 1 is 0.738 bits per heavy atom. The molecule has 0 radical (unpaired) electrons. The zero-order chi connectivity index (χ0) is 29.4. The Hall–Kier alpha value is -5.24. The molecule has 0 fully saturated rings. The maximum Gasteiger partial charge on any atom is 0.407 e. The number of carbonyl (C=O) groups is 4. The summed E-state index contributed by atoms with van der Waals surface area (Å²) in [6.45, 7) is 3.26. The van der Waals surface area contributed by atoms with Gasteiger partial charge < -0.3 is 14.9 Å². The number of fused-ring (bicyclic) bond motifs is 4. The van der Waals surface area contributed by atoms with E-state index in [1.807, 2.05) is 42.5 Å². The van der Waals surface area contributed by atoms with Crippen molar-refractivity contribution in [2.45, 2.75) is 25.8 Å². The van der Waals surface area contributed by atoms with Crippen molar-refractivity contribution in [2.24, 2.45) is 5.41 Å². The molecule has 4 aromatic rings. The van der Waals surface area contributed by atoms with Gasteiger partial charge in [0, 0.05) is 5.92 Å². The first-order valence-corrected chi connectivity index (χ1v) is 13.6. The number of imide groups is 1. The van der Waals surface area contributed by atoms with Gasteiger partial charge in [-0.05, 0) is 53.8 Å². The minimum atomic E-state index is -1.41. The first-order chi connectivity index (χ1) is 20.3. The number of amides is 3. The molecule has 0 saturated carbocycles. The van der Waals surface area contributed by atoms with E-state index in [-0.39, 0.29) is 23.7 Å². The third kappa shape index (κ3) is 4.60. The molecule has 0 bridgehead atoms. The molecule has 0 aromatic heterocycles. The van der Waals surface area contributed by atoms with Crippen LogP contribution < -0.4 is 5.32 Å². The highest BCUT2D eigenvalue weighted by Gasteiger charge is 2.46. The molecule has 2 aliphatic rings. The van der Waals surface area contributed by atoms with Crippen LogP contribution in [0.3, 0.4) is 0 Å². The van der Waals surface area contributed by atoms with E-state index in [0.29, 0.717) is 10.6 Å². The molecule has 3 amide bonds. The van der Waals surface area contributed by atoms with Gasteiger partial charge in [-0.3, -0.25) is 9.59 Å². The average Bonchev–Trinajstić information content (AvgIpc) is 3.46. The molecule has 1 N–H and O–H groups in total. The summed E-state index contributed by atoms with van der Waals surface area (Å²) < 4.78 is 5.76. The fourth-order valence-electron chi connectivity index (χ4n) is 5.65. The second kappa shape index (κ2) is 10.6. The lowest BCUT2D eigenvalue weighted by Gasteiger charge is -2.33. The summed E-state index contributed by atoms with van der Waals surface area (Å²) in [4.78, 5) is 57.8. The van der Waals surface area contributed by atoms with Crippen molar-refractivity contribution in [2.75, 3.05) is 6.61 Å². The molecule has 1 unspecified atom stereocenters. The number of benzene rings is 4. The normalized spacial score (nSPS) is 14.6. The molecule has 0 spiro atoms. The van der Waals surface area contributed by atoms with Crippen LogP contribution in [0.15, 0.2) is 103 Å². The number of hydroxylamine groups is 2. The number of alkyl carbamates (subject to hydrolysis) is 1. The van der Waals surface area contributed by atoms with Gasteiger partial charge in [0.05, 0.1) is 22.6 Å². The molecule has 8 heteroatoms. The SMILES string of the molecule is CC(C)(C(=O)ON1C(=O)c2ccccc2C1=O)C(NC(=O)OCC1c2ccccc2-c2ccccc21)c1ccccc1. The van der Waals surface area contributed by atoms with Crippen LogP contribution >= 0.6 is 0 Å². The maximum atomic E-state index is 13.5. The van der Waals surface area contributed by atoms with Gasteiger partial charge in [-0.25, -0.2) is 9.59 Å². The van der Waals surface area contributed by atoms with E-state index in [4.69, 9.17) is 9.57 Å². The summed E-state index contributed by atoms with van der Waals surface area (Å²) in [5, 5.41) is 3.32. The van der Waals surface area contributed by atoms with Crippen LogP contribution in [0.25, 0.3) is 11.1 Å². The van der Waals surface area contributed by atoms with Crippen molar-refractivity contribution < 1.29 is 28.8 Å². The number of nitrogens with zero attached hydrogens (tertiary/aromatic N) is 1. The molecular weight excluding hydrogens is 532 g/mol. The summed E-state index contributed by atoms with van der Waals surface area (Å²) in [5.74, 6) is -2.45. The van der Waals surface area contributed by atoms with E-state index in [1.165, 1.54) is 12.1 Å². The van der Waals surface area contributed by atoms with E-state index in [1.54, 1.807) is 50.2 Å². The molecule has 42 heavy (non-hydrogen) atoms. The number of ether oxygens (including phenoxy) is 1. The summed E-state index contributed by atoms with van der Waals surface area (Å²) in [7, 11) is 0. The van der Waals surface area contributed by atoms with Crippen LogP contribution in [-0.4, -0.2) is 35.5 Å². The molecule has 8 nitrogen and oxygen atoms in total. The summed E-state index contributed by atoms with van der Waals surface area (Å²) in [6.07, 6.45) is -0.715. The smallest absolute Gasteiger partial charge is 0.407 e. The topological polar surface area (TPSA) is 102 Å².